The van der Waals surface area contributed by atoms with Gasteiger partial charge in [-0.1, -0.05) is 12.1 Å². The number of rotatable bonds is 5. The summed E-state index contributed by atoms with van der Waals surface area (Å²) < 4.78 is 1.45. The number of nitrogens with one attached hydrogen (secondary N) is 2. The molecule has 0 aliphatic rings. The molecule has 7 nitrogen and oxygen atoms in total. The van der Waals surface area contributed by atoms with Gasteiger partial charge in [-0.2, -0.15) is 0 Å². The summed E-state index contributed by atoms with van der Waals surface area (Å²) in [6.45, 7) is 3.58. The molecule has 2 aromatic carbocycles. The number of benzene rings is 2. The highest BCUT2D eigenvalue weighted by Gasteiger charge is 2.08. The maximum absolute atomic E-state index is 12.5. The molecule has 0 spiro atoms. The molecule has 0 unspecified atom stereocenters. The van der Waals surface area contributed by atoms with Crippen LogP contribution in [0.2, 0.25) is 0 Å². The molecule has 2 amide bonds. The van der Waals surface area contributed by atoms with Crippen LogP contribution in [0.5, 0.6) is 0 Å². The van der Waals surface area contributed by atoms with Crippen molar-refractivity contribution in [3.05, 3.63) is 64.7 Å². The molecule has 3 rings (SSSR count). The number of para-hydroxylation sites is 1. The van der Waals surface area contributed by atoms with E-state index >= 15 is 0 Å². The minimum Gasteiger partial charge on any atom is -0.326 e. The lowest BCUT2D eigenvalue weighted by Crippen LogP contribution is -2.23. The first kappa shape index (κ1) is 18.3. The molecule has 0 bridgehead atoms. The highest BCUT2D eigenvalue weighted by Crippen LogP contribution is 2.14. The Kier molecular flexibility index (Phi) is 5.30. The Morgan fingerprint density at radius 1 is 1.04 bits per heavy atom. The first-order chi connectivity index (χ1) is 12.9. The largest absolute Gasteiger partial charge is 0.326 e. The molecule has 0 atom stereocenters. The zero-order valence-corrected chi connectivity index (χ0v) is 15.2. The molecule has 27 heavy (non-hydrogen) atoms. The highest BCUT2D eigenvalue weighted by atomic mass is 16.2. The third kappa shape index (κ3) is 4.38. The van der Waals surface area contributed by atoms with Crippen molar-refractivity contribution in [2.45, 2.75) is 26.8 Å². The normalized spacial score (nSPS) is 10.6. The van der Waals surface area contributed by atoms with E-state index in [1.807, 2.05) is 19.1 Å². The molecule has 7 heteroatoms. The number of carbonyl (C=O) groups excluding carboxylic acids is 2. The molecule has 0 saturated carbocycles. The van der Waals surface area contributed by atoms with Crippen molar-refractivity contribution in [1.29, 1.82) is 0 Å². The van der Waals surface area contributed by atoms with Gasteiger partial charge >= 0.3 is 0 Å². The number of carbonyl (C=O) groups is 2. The lowest BCUT2D eigenvalue weighted by Gasteiger charge is -2.09. The third-order valence-electron chi connectivity index (χ3n) is 4.12. The fourth-order valence-corrected chi connectivity index (χ4v) is 2.78. The van der Waals surface area contributed by atoms with Crippen LogP contribution in [-0.4, -0.2) is 21.4 Å². The first-order valence-electron chi connectivity index (χ1n) is 8.56. The van der Waals surface area contributed by atoms with E-state index in [2.05, 4.69) is 15.6 Å². The van der Waals surface area contributed by atoms with E-state index in [-0.39, 0.29) is 30.3 Å². The predicted molar refractivity (Wildman–Crippen MR) is 105 cm³/mol. The van der Waals surface area contributed by atoms with Crippen LogP contribution in [0.25, 0.3) is 10.9 Å². The number of hydrogen-bond acceptors (Lipinski definition) is 4. The molecule has 0 fully saturated rings. The van der Waals surface area contributed by atoms with Crippen LogP contribution in [0.4, 0.5) is 11.4 Å². The smallest absolute Gasteiger partial charge is 0.261 e. The van der Waals surface area contributed by atoms with Crippen molar-refractivity contribution < 1.29 is 9.59 Å². The second-order valence-electron chi connectivity index (χ2n) is 6.27. The van der Waals surface area contributed by atoms with Gasteiger partial charge in [0.05, 0.1) is 17.2 Å². The average Bonchev–Trinajstić information content (AvgIpc) is 2.63. The Balaban J connectivity index is 1.64. The molecule has 0 saturated heterocycles. The quantitative estimate of drug-likeness (QED) is 0.728. The molecule has 2 N–H and O–H groups in total. The van der Waals surface area contributed by atoms with Crippen LogP contribution < -0.4 is 16.2 Å². The summed E-state index contributed by atoms with van der Waals surface area (Å²) in [5, 5.41) is 5.98. The van der Waals surface area contributed by atoms with Gasteiger partial charge in [-0.25, -0.2) is 4.98 Å². The van der Waals surface area contributed by atoms with Gasteiger partial charge in [-0.05, 0) is 42.8 Å². The standard InChI is InChI=1S/C20H20N4O3/c1-13-4-3-5-17-19(13)21-12-24(20(17)27)11-10-18(26)23-16-8-6-15(7-9-16)22-14(2)25/h3-9,12H,10-11H2,1-2H3,(H,22,25)(H,23,26). The van der Waals surface area contributed by atoms with Gasteiger partial charge in [0, 0.05) is 31.3 Å². The average molecular weight is 364 g/mol. The molecule has 3 aromatic rings. The van der Waals surface area contributed by atoms with Crippen molar-refractivity contribution in [2.75, 3.05) is 10.6 Å². The Labute approximate surface area is 156 Å². The second kappa shape index (κ2) is 7.82. The molecular weight excluding hydrogens is 344 g/mol. The van der Waals surface area contributed by atoms with E-state index in [0.717, 1.165) is 5.56 Å². The molecule has 1 aromatic heterocycles. The maximum atomic E-state index is 12.5. The van der Waals surface area contributed by atoms with Crippen LogP contribution in [0.1, 0.15) is 18.9 Å². The maximum Gasteiger partial charge on any atom is 0.261 e. The number of amides is 2. The topological polar surface area (TPSA) is 93.1 Å². The van der Waals surface area contributed by atoms with Crippen LogP contribution in [0, 0.1) is 6.92 Å². The fourth-order valence-electron chi connectivity index (χ4n) is 2.78. The summed E-state index contributed by atoms with van der Waals surface area (Å²) in [6.07, 6.45) is 1.62. The summed E-state index contributed by atoms with van der Waals surface area (Å²) in [5.41, 5.74) is 2.74. The SMILES string of the molecule is CC(=O)Nc1ccc(NC(=O)CCn2cnc3c(C)cccc3c2=O)cc1. The van der Waals surface area contributed by atoms with Gasteiger partial charge in [0.15, 0.2) is 0 Å². The predicted octanol–water partition coefficient (Wildman–Crippen LogP) is 2.69. The first-order valence-corrected chi connectivity index (χ1v) is 8.56. The van der Waals surface area contributed by atoms with E-state index < -0.39 is 0 Å². The van der Waals surface area contributed by atoms with E-state index in [1.54, 1.807) is 30.3 Å². The summed E-state index contributed by atoms with van der Waals surface area (Å²) in [5.74, 6) is -0.366. The fraction of sp³-hybridized carbons (Fsp3) is 0.200. The zero-order chi connectivity index (χ0) is 19.4. The highest BCUT2D eigenvalue weighted by molar-refractivity contribution is 5.92. The lowest BCUT2D eigenvalue weighted by molar-refractivity contribution is -0.116. The van der Waals surface area contributed by atoms with E-state index in [0.29, 0.717) is 22.3 Å². The van der Waals surface area contributed by atoms with Gasteiger partial charge in [-0.15, -0.1) is 0 Å². The summed E-state index contributed by atoms with van der Waals surface area (Å²) in [7, 11) is 0. The van der Waals surface area contributed by atoms with Gasteiger partial charge in [0.25, 0.3) is 5.56 Å². The monoisotopic (exact) mass is 364 g/mol. The summed E-state index contributed by atoms with van der Waals surface area (Å²) in [6, 6.07) is 12.3. The van der Waals surface area contributed by atoms with Gasteiger partial charge in [-0.3, -0.25) is 19.0 Å². The Hall–Kier alpha value is -3.48. The molecule has 0 aliphatic heterocycles. The lowest BCUT2D eigenvalue weighted by atomic mass is 10.1. The van der Waals surface area contributed by atoms with Crippen molar-refractivity contribution in [2.24, 2.45) is 0 Å². The van der Waals surface area contributed by atoms with Crippen molar-refractivity contribution in [3.8, 4) is 0 Å². The zero-order valence-electron chi connectivity index (χ0n) is 15.2. The minimum atomic E-state index is -0.210. The van der Waals surface area contributed by atoms with Gasteiger partial charge in [0.1, 0.15) is 0 Å². The number of hydrogen-bond donors (Lipinski definition) is 2. The molecule has 0 aliphatic carbocycles. The van der Waals surface area contributed by atoms with E-state index in [4.69, 9.17) is 0 Å². The Morgan fingerprint density at radius 2 is 1.70 bits per heavy atom. The van der Waals surface area contributed by atoms with Gasteiger partial charge < -0.3 is 10.6 Å². The van der Waals surface area contributed by atoms with E-state index in [9.17, 15) is 14.4 Å². The van der Waals surface area contributed by atoms with Crippen LogP contribution in [0.3, 0.4) is 0 Å². The van der Waals surface area contributed by atoms with Gasteiger partial charge in [0.2, 0.25) is 11.8 Å². The molecule has 1 heterocycles. The van der Waals surface area contributed by atoms with Crippen molar-refractivity contribution >= 4 is 34.1 Å². The number of anilines is 2. The number of nitrogens with zero attached hydrogens (tertiary/aromatic N) is 2. The second-order valence-corrected chi connectivity index (χ2v) is 6.27. The Morgan fingerprint density at radius 3 is 2.37 bits per heavy atom. The third-order valence-corrected chi connectivity index (χ3v) is 4.12. The van der Waals surface area contributed by atoms with E-state index in [1.165, 1.54) is 17.8 Å². The number of aryl methyl sites for hydroxylation is 2. The number of aromatic nitrogens is 2. The van der Waals surface area contributed by atoms with Crippen LogP contribution >= 0.6 is 0 Å². The minimum absolute atomic E-state index is 0.145. The number of fused-ring (bicyclic) bond motifs is 1. The molecular formula is C20H20N4O3. The molecule has 138 valence electrons. The van der Waals surface area contributed by atoms with Crippen molar-refractivity contribution in [3.63, 3.8) is 0 Å². The Bertz CT molecular complexity index is 1060. The molecule has 0 radical (unpaired) electrons. The van der Waals surface area contributed by atoms with Crippen LogP contribution in [0.15, 0.2) is 53.6 Å². The summed E-state index contributed by atoms with van der Waals surface area (Å²) in [4.78, 5) is 40.0. The summed E-state index contributed by atoms with van der Waals surface area (Å²) >= 11 is 0. The van der Waals surface area contributed by atoms with Crippen molar-refractivity contribution in [1.82, 2.24) is 9.55 Å². The van der Waals surface area contributed by atoms with Crippen LogP contribution in [-0.2, 0) is 16.1 Å².